The molecule has 4 rings (SSSR count). The van der Waals surface area contributed by atoms with E-state index >= 15 is 0 Å². The number of rotatable bonds is 5. The number of halogens is 1. The maximum atomic E-state index is 6.01. The van der Waals surface area contributed by atoms with Gasteiger partial charge in [0.1, 0.15) is 23.7 Å². The number of aromatic amines is 1. The van der Waals surface area contributed by atoms with Gasteiger partial charge in [0.15, 0.2) is 5.65 Å². The van der Waals surface area contributed by atoms with E-state index in [0.29, 0.717) is 34.3 Å². The predicted octanol–water partition coefficient (Wildman–Crippen LogP) is 2.57. The maximum absolute atomic E-state index is 6.01. The van der Waals surface area contributed by atoms with Crippen molar-refractivity contribution in [3.63, 3.8) is 0 Å². The molecule has 3 heterocycles. The highest BCUT2D eigenvalue weighted by molar-refractivity contribution is 6.34. The van der Waals surface area contributed by atoms with E-state index in [0.717, 1.165) is 44.2 Å². The second-order valence-corrected chi connectivity index (χ2v) is 6.54. The van der Waals surface area contributed by atoms with Gasteiger partial charge in [-0.25, -0.2) is 9.97 Å². The maximum Gasteiger partial charge on any atom is 0.180 e. The zero-order chi connectivity index (χ0) is 17.9. The van der Waals surface area contributed by atoms with Crippen molar-refractivity contribution in [2.24, 2.45) is 0 Å². The minimum absolute atomic E-state index is 0.414. The van der Waals surface area contributed by atoms with E-state index in [1.807, 2.05) is 24.3 Å². The first kappa shape index (κ1) is 17.1. The van der Waals surface area contributed by atoms with Crippen LogP contribution in [0.25, 0.3) is 22.6 Å². The van der Waals surface area contributed by atoms with E-state index < -0.39 is 0 Å². The zero-order valence-electron chi connectivity index (χ0n) is 14.2. The molecule has 0 atom stereocenters. The number of hydrogen-bond donors (Lipinski definition) is 2. The number of nitrogens with one attached hydrogen (secondary N) is 1. The standard InChI is InChI=1S/C18H20ClN5O2/c19-14-11-21-18-16(15(14)20)22-17(23-18)12-1-3-13(4-2-12)26-10-7-24-5-8-25-9-6-24/h1-4,11H,5-10H2,(H3,20,21,22,23). The molecule has 1 fully saturated rings. The van der Waals surface area contributed by atoms with Gasteiger partial charge in [-0.2, -0.15) is 0 Å². The Kier molecular flexibility index (Phi) is 4.92. The highest BCUT2D eigenvalue weighted by Gasteiger charge is 2.12. The summed E-state index contributed by atoms with van der Waals surface area (Å²) in [7, 11) is 0. The van der Waals surface area contributed by atoms with Crippen LogP contribution in [0.5, 0.6) is 5.75 Å². The molecule has 2 aromatic heterocycles. The SMILES string of the molecule is Nc1c(Cl)cnc2nc(-c3ccc(OCCN4CCOCC4)cc3)[nH]c12. The minimum Gasteiger partial charge on any atom is -0.492 e. The molecule has 0 aliphatic carbocycles. The molecule has 26 heavy (non-hydrogen) atoms. The molecular formula is C18H20ClN5O2. The molecule has 0 bridgehead atoms. The summed E-state index contributed by atoms with van der Waals surface area (Å²) in [6.45, 7) is 5.10. The third-order valence-electron chi connectivity index (χ3n) is 4.42. The van der Waals surface area contributed by atoms with Crippen molar-refractivity contribution in [3.05, 3.63) is 35.5 Å². The number of imidazole rings is 1. The third-order valence-corrected chi connectivity index (χ3v) is 4.72. The van der Waals surface area contributed by atoms with Gasteiger partial charge in [-0.15, -0.1) is 0 Å². The van der Waals surface area contributed by atoms with Crippen molar-refractivity contribution in [1.29, 1.82) is 0 Å². The van der Waals surface area contributed by atoms with E-state index in [9.17, 15) is 0 Å². The van der Waals surface area contributed by atoms with Crippen molar-refractivity contribution in [2.45, 2.75) is 0 Å². The van der Waals surface area contributed by atoms with Crippen LogP contribution in [0.2, 0.25) is 5.02 Å². The number of morpholine rings is 1. The van der Waals surface area contributed by atoms with Gasteiger partial charge in [0.25, 0.3) is 0 Å². The van der Waals surface area contributed by atoms with Crippen LogP contribution >= 0.6 is 11.6 Å². The van der Waals surface area contributed by atoms with Gasteiger partial charge in [-0.1, -0.05) is 11.6 Å². The first-order chi connectivity index (χ1) is 12.7. The largest absolute Gasteiger partial charge is 0.492 e. The topological polar surface area (TPSA) is 89.3 Å². The Hall–Kier alpha value is -2.35. The summed E-state index contributed by atoms with van der Waals surface area (Å²) in [6.07, 6.45) is 1.51. The average Bonchev–Trinajstić information content (AvgIpc) is 3.11. The third kappa shape index (κ3) is 3.60. The second kappa shape index (κ2) is 7.49. The van der Waals surface area contributed by atoms with Crippen molar-refractivity contribution in [2.75, 3.05) is 45.2 Å². The van der Waals surface area contributed by atoms with Crippen LogP contribution in [0.1, 0.15) is 0 Å². The number of pyridine rings is 1. The molecule has 1 aliphatic rings. The number of anilines is 1. The van der Waals surface area contributed by atoms with Gasteiger partial charge < -0.3 is 20.2 Å². The summed E-state index contributed by atoms with van der Waals surface area (Å²) < 4.78 is 11.2. The first-order valence-electron chi connectivity index (χ1n) is 8.54. The lowest BCUT2D eigenvalue weighted by Gasteiger charge is -2.26. The fourth-order valence-electron chi connectivity index (χ4n) is 2.92. The molecule has 0 amide bonds. The van der Waals surface area contributed by atoms with Crippen LogP contribution in [-0.4, -0.2) is 59.3 Å². The molecule has 1 aromatic carbocycles. The lowest BCUT2D eigenvalue weighted by Crippen LogP contribution is -2.38. The van der Waals surface area contributed by atoms with E-state index in [4.69, 9.17) is 26.8 Å². The predicted molar refractivity (Wildman–Crippen MR) is 102 cm³/mol. The molecule has 1 aliphatic heterocycles. The smallest absolute Gasteiger partial charge is 0.180 e. The number of benzene rings is 1. The minimum atomic E-state index is 0.414. The number of nitrogens with two attached hydrogens (primary N) is 1. The van der Waals surface area contributed by atoms with E-state index in [-0.39, 0.29) is 0 Å². The number of nitrogens with zero attached hydrogens (tertiary/aromatic N) is 3. The van der Waals surface area contributed by atoms with Crippen molar-refractivity contribution in [3.8, 4) is 17.1 Å². The monoisotopic (exact) mass is 373 g/mol. The molecule has 136 valence electrons. The highest BCUT2D eigenvalue weighted by Crippen LogP contribution is 2.28. The van der Waals surface area contributed by atoms with Gasteiger partial charge in [0.2, 0.25) is 0 Å². The Morgan fingerprint density at radius 3 is 2.77 bits per heavy atom. The van der Waals surface area contributed by atoms with Crippen molar-refractivity contribution < 1.29 is 9.47 Å². The second-order valence-electron chi connectivity index (χ2n) is 6.13. The van der Waals surface area contributed by atoms with Crippen LogP contribution in [0.15, 0.2) is 30.5 Å². The molecule has 3 N–H and O–H groups in total. The number of H-pyrrole nitrogens is 1. The highest BCUT2D eigenvalue weighted by atomic mass is 35.5. The molecule has 0 saturated carbocycles. The fraction of sp³-hybridized carbons (Fsp3) is 0.333. The normalized spacial score (nSPS) is 15.4. The van der Waals surface area contributed by atoms with Crippen LogP contribution in [0.4, 0.5) is 5.69 Å². The summed E-state index contributed by atoms with van der Waals surface area (Å²) in [5.41, 5.74) is 8.56. The zero-order valence-corrected chi connectivity index (χ0v) is 15.0. The van der Waals surface area contributed by atoms with E-state index in [2.05, 4.69) is 19.9 Å². The molecular weight excluding hydrogens is 354 g/mol. The number of fused-ring (bicyclic) bond motifs is 1. The van der Waals surface area contributed by atoms with Crippen LogP contribution in [-0.2, 0) is 4.74 Å². The lowest BCUT2D eigenvalue weighted by atomic mass is 10.2. The molecule has 0 unspecified atom stereocenters. The summed E-state index contributed by atoms with van der Waals surface area (Å²) in [4.78, 5) is 14.2. The summed E-state index contributed by atoms with van der Waals surface area (Å²) >= 11 is 6.01. The summed E-state index contributed by atoms with van der Waals surface area (Å²) in [5.74, 6) is 1.53. The van der Waals surface area contributed by atoms with Gasteiger partial charge >= 0.3 is 0 Å². The quantitative estimate of drug-likeness (QED) is 0.714. The molecule has 3 aromatic rings. The average molecular weight is 374 g/mol. The molecule has 0 radical (unpaired) electrons. The Balaban J connectivity index is 1.41. The van der Waals surface area contributed by atoms with Crippen LogP contribution < -0.4 is 10.5 Å². The Morgan fingerprint density at radius 1 is 1.23 bits per heavy atom. The van der Waals surface area contributed by atoms with Crippen molar-refractivity contribution >= 4 is 28.5 Å². The van der Waals surface area contributed by atoms with E-state index in [1.54, 1.807) is 0 Å². The molecule has 0 spiro atoms. The van der Waals surface area contributed by atoms with Crippen LogP contribution in [0.3, 0.4) is 0 Å². The van der Waals surface area contributed by atoms with Crippen LogP contribution in [0, 0.1) is 0 Å². The summed E-state index contributed by atoms with van der Waals surface area (Å²) in [6, 6.07) is 7.79. The first-order valence-corrected chi connectivity index (χ1v) is 8.91. The molecule has 8 heteroatoms. The van der Waals surface area contributed by atoms with Gasteiger partial charge in [-0.05, 0) is 24.3 Å². The lowest BCUT2D eigenvalue weighted by molar-refractivity contribution is 0.0322. The van der Waals surface area contributed by atoms with Crippen molar-refractivity contribution in [1.82, 2.24) is 19.9 Å². The molecule has 7 nitrogen and oxygen atoms in total. The Morgan fingerprint density at radius 2 is 2.00 bits per heavy atom. The van der Waals surface area contributed by atoms with Gasteiger partial charge in [-0.3, -0.25) is 4.90 Å². The van der Waals surface area contributed by atoms with Gasteiger partial charge in [0.05, 0.1) is 30.1 Å². The number of hydrogen-bond acceptors (Lipinski definition) is 6. The number of ether oxygens (including phenoxy) is 2. The number of aromatic nitrogens is 3. The van der Waals surface area contributed by atoms with E-state index in [1.165, 1.54) is 6.20 Å². The fourth-order valence-corrected chi connectivity index (χ4v) is 3.06. The van der Waals surface area contributed by atoms with Gasteiger partial charge in [0, 0.05) is 25.2 Å². The Bertz CT molecular complexity index is 890. The Labute approximate surface area is 156 Å². The number of nitrogen functional groups attached to an aromatic ring is 1. The summed E-state index contributed by atoms with van der Waals surface area (Å²) in [5, 5.41) is 0.414. The molecule has 1 saturated heterocycles.